The van der Waals surface area contributed by atoms with Crippen LogP contribution in [-0.2, 0) is 4.79 Å². The maximum atomic E-state index is 10.3. The summed E-state index contributed by atoms with van der Waals surface area (Å²) >= 11 is 0. The molecule has 0 rings (SSSR count). The molecule has 0 saturated heterocycles. The minimum atomic E-state index is -0.934. The molecule has 0 bridgehead atoms. The van der Waals surface area contributed by atoms with Crippen LogP contribution in [0.2, 0.25) is 0 Å². The Kier molecular flexibility index (Phi) is 4.58. The van der Waals surface area contributed by atoms with Gasteiger partial charge in [-0.1, -0.05) is 13.3 Å². The predicted molar refractivity (Wildman–Crippen MR) is 37.7 cm³/mol. The number of carboxylic acids is 1. The first-order valence-electron chi connectivity index (χ1n) is 3.25. The fraction of sp³-hybridized carbons (Fsp3) is 0.571. The molecule has 0 spiro atoms. The van der Waals surface area contributed by atoms with Gasteiger partial charge in [0.2, 0.25) is 0 Å². The minimum Gasteiger partial charge on any atom is -0.478 e. The van der Waals surface area contributed by atoms with Crippen LogP contribution < -0.4 is 0 Å². The number of aliphatic hydroxyl groups excluding tert-OH is 1. The van der Waals surface area contributed by atoms with Crippen LogP contribution in [0.3, 0.4) is 0 Å². The van der Waals surface area contributed by atoms with E-state index in [4.69, 9.17) is 10.2 Å². The zero-order valence-corrected chi connectivity index (χ0v) is 6.00. The maximum Gasteiger partial charge on any atom is 0.331 e. The number of hydrogen-bond donors (Lipinski definition) is 2. The van der Waals surface area contributed by atoms with E-state index in [1.54, 1.807) is 0 Å². The molecule has 0 radical (unpaired) electrons. The highest BCUT2D eigenvalue weighted by molar-refractivity contribution is 5.86. The molecule has 0 unspecified atom stereocenters. The third-order valence-electron chi connectivity index (χ3n) is 1.13. The van der Waals surface area contributed by atoms with Crippen LogP contribution >= 0.6 is 0 Å². The Labute approximate surface area is 60.0 Å². The lowest BCUT2D eigenvalue weighted by molar-refractivity contribution is -0.132. The molecule has 0 aromatic carbocycles. The van der Waals surface area contributed by atoms with Crippen molar-refractivity contribution in [3.8, 4) is 0 Å². The Morgan fingerprint density at radius 2 is 2.20 bits per heavy atom. The first-order chi connectivity index (χ1) is 4.72. The average Bonchev–Trinajstić information content (AvgIpc) is 1.87. The fourth-order valence-corrected chi connectivity index (χ4v) is 0.676. The van der Waals surface area contributed by atoms with E-state index in [1.807, 2.05) is 6.92 Å². The molecular formula is C7H12O3. The molecule has 0 fully saturated rings. The van der Waals surface area contributed by atoms with Crippen molar-refractivity contribution < 1.29 is 15.0 Å². The Bertz CT molecular complexity index is 138. The molecule has 2 N–H and O–H groups in total. The van der Waals surface area contributed by atoms with Gasteiger partial charge in [0.25, 0.3) is 0 Å². The lowest BCUT2D eigenvalue weighted by Gasteiger charge is -1.96. The molecule has 0 saturated carbocycles. The molecule has 0 heterocycles. The summed E-state index contributed by atoms with van der Waals surface area (Å²) in [6, 6.07) is 0. The molecule has 0 aliphatic carbocycles. The summed E-state index contributed by atoms with van der Waals surface area (Å²) in [5, 5.41) is 16.8. The second kappa shape index (κ2) is 4.99. The Hall–Kier alpha value is -0.830. The number of aliphatic carboxylic acids is 1. The van der Waals surface area contributed by atoms with Crippen molar-refractivity contribution in [1.82, 2.24) is 0 Å². The standard InChI is InChI=1S/C7H12O3/c1-2-3-6(4-5-8)7(9)10/h4,8H,2-3,5H2,1H3,(H,9,10)/b6-4+. The molecule has 3 heteroatoms. The van der Waals surface area contributed by atoms with Crippen LogP contribution in [0.5, 0.6) is 0 Å². The van der Waals surface area contributed by atoms with E-state index in [0.717, 1.165) is 6.42 Å². The molecule has 0 aliphatic rings. The highest BCUT2D eigenvalue weighted by atomic mass is 16.4. The summed E-state index contributed by atoms with van der Waals surface area (Å²) in [6.45, 7) is 1.70. The van der Waals surface area contributed by atoms with Crippen molar-refractivity contribution in [2.45, 2.75) is 19.8 Å². The second-order valence-corrected chi connectivity index (χ2v) is 1.97. The van der Waals surface area contributed by atoms with E-state index in [2.05, 4.69) is 0 Å². The van der Waals surface area contributed by atoms with Crippen LogP contribution in [-0.4, -0.2) is 22.8 Å². The number of hydrogen-bond acceptors (Lipinski definition) is 2. The first kappa shape index (κ1) is 9.17. The van der Waals surface area contributed by atoms with Crippen LogP contribution in [0, 0.1) is 0 Å². The second-order valence-electron chi connectivity index (χ2n) is 1.97. The number of rotatable bonds is 4. The predicted octanol–water partition coefficient (Wildman–Crippen LogP) is 0.790. The SMILES string of the molecule is CCC/C(=C\CO)C(=O)O. The van der Waals surface area contributed by atoms with Gasteiger partial charge >= 0.3 is 5.97 Å². The Balaban J connectivity index is 3.98. The zero-order valence-electron chi connectivity index (χ0n) is 6.00. The molecule has 58 valence electrons. The van der Waals surface area contributed by atoms with Gasteiger partial charge in [0.05, 0.1) is 6.61 Å². The zero-order chi connectivity index (χ0) is 7.98. The summed E-state index contributed by atoms with van der Waals surface area (Å²) in [5.41, 5.74) is 0.296. The lowest BCUT2D eigenvalue weighted by atomic mass is 10.1. The normalized spacial score (nSPS) is 11.6. The summed E-state index contributed by atoms with van der Waals surface area (Å²) in [7, 11) is 0. The van der Waals surface area contributed by atoms with E-state index in [0.29, 0.717) is 12.0 Å². The molecule has 0 aliphatic heterocycles. The highest BCUT2D eigenvalue weighted by Gasteiger charge is 2.03. The van der Waals surface area contributed by atoms with Gasteiger partial charge in [0, 0.05) is 5.57 Å². The van der Waals surface area contributed by atoms with E-state index in [1.165, 1.54) is 6.08 Å². The van der Waals surface area contributed by atoms with Gasteiger partial charge in [-0.25, -0.2) is 4.79 Å². The van der Waals surface area contributed by atoms with Crippen molar-refractivity contribution in [3.63, 3.8) is 0 Å². The molecular weight excluding hydrogens is 132 g/mol. The molecule has 3 nitrogen and oxygen atoms in total. The van der Waals surface area contributed by atoms with Crippen molar-refractivity contribution in [2.75, 3.05) is 6.61 Å². The summed E-state index contributed by atoms with van der Waals surface area (Å²) in [6.07, 6.45) is 2.64. The van der Waals surface area contributed by atoms with Gasteiger partial charge in [-0.3, -0.25) is 0 Å². The topological polar surface area (TPSA) is 57.5 Å². The van der Waals surface area contributed by atoms with Crippen molar-refractivity contribution >= 4 is 5.97 Å². The van der Waals surface area contributed by atoms with Gasteiger partial charge in [-0.2, -0.15) is 0 Å². The monoisotopic (exact) mass is 144 g/mol. The van der Waals surface area contributed by atoms with Crippen LogP contribution in [0.15, 0.2) is 11.6 Å². The van der Waals surface area contributed by atoms with Crippen LogP contribution in [0.1, 0.15) is 19.8 Å². The summed E-state index contributed by atoms with van der Waals surface area (Å²) in [5.74, 6) is -0.934. The van der Waals surface area contributed by atoms with Crippen molar-refractivity contribution in [1.29, 1.82) is 0 Å². The smallest absolute Gasteiger partial charge is 0.331 e. The minimum absolute atomic E-state index is 0.193. The molecule has 0 amide bonds. The Morgan fingerprint density at radius 3 is 2.50 bits per heavy atom. The summed E-state index contributed by atoms with van der Waals surface area (Å²) in [4.78, 5) is 10.3. The van der Waals surface area contributed by atoms with E-state index in [-0.39, 0.29) is 6.61 Å². The fourth-order valence-electron chi connectivity index (χ4n) is 0.676. The third-order valence-corrected chi connectivity index (χ3v) is 1.13. The Morgan fingerprint density at radius 1 is 1.60 bits per heavy atom. The molecule has 0 aromatic heterocycles. The van der Waals surface area contributed by atoms with Gasteiger partial charge in [-0.05, 0) is 12.5 Å². The molecule has 0 atom stereocenters. The van der Waals surface area contributed by atoms with Crippen LogP contribution in [0.25, 0.3) is 0 Å². The third kappa shape index (κ3) is 3.25. The van der Waals surface area contributed by atoms with Crippen molar-refractivity contribution in [2.24, 2.45) is 0 Å². The molecule has 0 aromatic rings. The maximum absolute atomic E-state index is 10.3. The van der Waals surface area contributed by atoms with Gasteiger partial charge in [-0.15, -0.1) is 0 Å². The molecule has 10 heavy (non-hydrogen) atoms. The van der Waals surface area contributed by atoms with Gasteiger partial charge in [0.15, 0.2) is 0 Å². The number of aliphatic hydroxyl groups is 1. The van der Waals surface area contributed by atoms with E-state index < -0.39 is 5.97 Å². The average molecular weight is 144 g/mol. The van der Waals surface area contributed by atoms with Crippen molar-refractivity contribution in [3.05, 3.63) is 11.6 Å². The quantitative estimate of drug-likeness (QED) is 0.573. The van der Waals surface area contributed by atoms with Gasteiger partial charge in [0.1, 0.15) is 0 Å². The number of carboxylic acid groups (broad SMARTS) is 1. The highest BCUT2D eigenvalue weighted by Crippen LogP contribution is 2.03. The van der Waals surface area contributed by atoms with Crippen LogP contribution in [0.4, 0.5) is 0 Å². The largest absolute Gasteiger partial charge is 0.478 e. The lowest BCUT2D eigenvalue weighted by Crippen LogP contribution is -2.00. The first-order valence-corrected chi connectivity index (χ1v) is 3.25. The van der Waals surface area contributed by atoms with E-state index >= 15 is 0 Å². The van der Waals surface area contributed by atoms with Gasteiger partial charge < -0.3 is 10.2 Å². The number of carbonyl (C=O) groups is 1. The summed E-state index contributed by atoms with van der Waals surface area (Å²) < 4.78 is 0. The van der Waals surface area contributed by atoms with E-state index in [9.17, 15) is 4.79 Å².